The Bertz CT molecular complexity index is 958. The van der Waals surface area contributed by atoms with Gasteiger partial charge in [-0.2, -0.15) is 5.10 Å². The van der Waals surface area contributed by atoms with Gasteiger partial charge in [-0.3, -0.25) is 0 Å². The molecule has 0 saturated heterocycles. The van der Waals surface area contributed by atoms with Gasteiger partial charge >= 0.3 is 6.01 Å². The molecule has 0 saturated carbocycles. The molecule has 2 atom stereocenters. The van der Waals surface area contributed by atoms with E-state index in [9.17, 15) is 13.9 Å². The SMILES string of the molecule is Oc1cc(-n2cc(F)cn2)ccc1-c1cnc(O[C@H]2CC=C[C@H]2F)nn1. The van der Waals surface area contributed by atoms with Gasteiger partial charge in [0.25, 0.3) is 0 Å². The number of hydrogen-bond donors (Lipinski definition) is 1. The van der Waals surface area contributed by atoms with E-state index >= 15 is 0 Å². The number of rotatable bonds is 4. The van der Waals surface area contributed by atoms with E-state index in [0.717, 1.165) is 6.20 Å². The molecular formula is C17H13F2N5O2. The van der Waals surface area contributed by atoms with Crippen molar-refractivity contribution in [2.75, 3.05) is 0 Å². The smallest absolute Gasteiger partial charge is 0.336 e. The van der Waals surface area contributed by atoms with E-state index in [1.165, 1.54) is 29.2 Å². The fraction of sp³-hybridized carbons (Fsp3) is 0.176. The Morgan fingerprint density at radius 2 is 2.12 bits per heavy atom. The second kappa shape index (κ2) is 6.51. The maximum Gasteiger partial charge on any atom is 0.336 e. The Kier molecular flexibility index (Phi) is 4.04. The summed E-state index contributed by atoms with van der Waals surface area (Å²) < 4.78 is 33.2. The predicted molar refractivity (Wildman–Crippen MR) is 87.1 cm³/mol. The first-order valence-corrected chi connectivity index (χ1v) is 7.81. The fourth-order valence-electron chi connectivity index (χ4n) is 2.61. The van der Waals surface area contributed by atoms with Crippen LogP contribution >= 0.6 is 0 Å². The van der Waals surface area contributed by atoms with E-state index < -0.39 is 18.1 Å². The molecule has 0 radical (unpaired) electrons. The van der Waals surface area contributed by atoms with Crippen molar-refractivity contribution in [3.8, 4) is 28.7 Å². The minimum Gasteiger partial charge on any atom is -0.507 e. The minimum absolute atomic E-state index is 0.0340. The molecule has 1 N–H and O–H groups in total. The van der Waals surface area contributed by atoms with Crippen molar-refractivity contribution in [2.45, 2.75) is 18.7 Å². The summed E-state index contributed by atoms with van der Waals surface area (Å²) in [5, 5.41) is 21.8. The number of benzene rings is 1. The Hall–Kier alpha value is -3.36. The monoisotopic (exact) mass is 357 g/mol. The third kappa shape index (κ3) is 3.10. The summed E-state index contributed by atoms with van der Waals surface area (Å²) in [5.41, 5.74) is 1.19. The van der Waals surface area contributed by atoms with E-state index in [4.69, 9.17) is 4.74 Å². The van der Waals surface area contributed by atoms with Crippen molar-refractivity contribution < 1.29 is 18.6 Å². The van der Waals surface area contributed by atoms with Crippen LogP contribution in [0.2, 0.25) is 0 Å². The Labute approximate surface area is 146 Å². The van der Waals surface area contributed by atoms with Gasteiger partial charge < -0.3 is 9.84 Å². The maximum absolute atomic E-state index is 13.5. The van der Waals surface area contributed by atoms with Gasteiger partial charge in [0, 0.05) is 18.1 Å². The Morgan fingerprint density at radius 1 is 1.23 bits per heavy atom. The molecule has 0 bridgehead atoms. The highest BCUT2D eigenvalue weighted by molar-refractivity contribution is 5.67. The van der Waals surface area contributed by atoms with Crippen molar-refractivity contribution in [1.29, 1.82) is 0 Å². The first-order valence-electron chi connectivity index (χ1n) is 7.81. The highest BCUT2D eigenvalue weighted by Gasteiger charge is 2.25. The lowest BCUT2D eigenvalue weighted by Gasteiger charge is -2.13. The van der Waals surface area contributed by atoms with Gasteiger partial charge in [0.1, 0.15) is 17.5 Å². The van der Waals surface area contributed by atoms with E-state index in [1.807, 2.05) is 0 Å². The van der Waals surface area contributed by atoms with Crippen molar-refractivity contribution in [1.82, 2.24) is 25.0 Å². The molecule has 4 rings (SSSR count). The van der Waals surface area contributed by atoms with Crippen LogP contribution in [0.4, 0.5) is 8.78 Å². The van der Waals surface area contributed by atoms with Gasteiger partial charge in [-0.05, 0) is 12.1 Å². The summed E-state index contributed by atoms with van der Waals surface area (Å²) in [6.07, 6.45) is 5.37. The minimum atomic E-state index is -1.19. The van der Waals surface area contributed by atoms with E-state index in [2.05, 4.69) is 20.3 Å². The van der Waals surface area contributed by atoms with Crippen LogP contribution in [-0.2, 0) is 0 Å². The summed E-state index contributed by atoms with van der Waals surface area (Å²) in [4.78, 5) is 4.01. The van der Waals surface area contributed by atoms with Crippen LogP contribution in [0.1, 0.15) is 6.42 Å². The molecule has 1 aromatic carbocycles. The van der Waals surface area contributed by atoms with Crippen LogP contribution < -0.4 is 4.74 Å². The van der Waals surface area contributed by atoms with Crippen LogP contribution in [0.15, 0.2) is 48.9 Å². The van der Waals surface area contributed by atoms with Crippen molar-refractivity contribution in [3.05, 3.63) is 54.8 Å². The Morgan fingerprint density at radius 3 is 2.73 bits per heavy atom. The molecule has 132 valence electrons. The number of phenols is 1. The number of halogens is 2. The summed E-state index contributed by atoms with van der Waals surface area (Å²) in [6, 6.07) is 4.62. The van der Waals surface area contributed by atoms with Gasteiger partial charge in [0.05, 0.1) is 24.3 Å². The highest BCUT2D eigenvalue weighted by atomic mass is 19.1. The number of nitrogens with zero attached hydrogens (tertiary/aromatic N) is 5. The number of ether oxygens (including phenoxy) is 1. The molecule has 9 heteroatoms. The highest BCUT2D eigenvalue weighted by Crippen LogP contribution is 2.29. The second-order valence-corrected chi connectivity index (χ2v) is 5.70. The number of phenolic OH excluding ortho intramolecular Hbond substituents is 1. The quantitative estimate of drug-likeness (QED) is 0.723. The third-order valence-corrected chi connectivity index (χ3v) is 3.91. The number of aromatic hydroxyl groups is 1. The maximum atomic E-state index is 13.5. The largest absolute Gasteiger partial charge is 0.507 e. The normalized spacial score (nSPS) is 19.0. The molecule has 0 unspecified atom stereocenters. The van der Waals surface area contributed by atoms with Gasteiger partial charge in [-0.25, -0.2) is 18.4 Å². The van der Waals surface area contributed by atoms with Crippen LogP contribution in [0.25, 0.3) is 16.9 Å². The molecule has 2 heterocycles. The van der Waals surface area contributed by atoms with Crippen LogP contribution in [0.5, 0.6) is 11.8 Å². The zero-order valence-corrected chi connectivity index (χ0v) is 13.3. The molecule has 1 aliphatic carbocycles. The molecule has 0 amide bonds. The zero-order valence-electron chi connectivity index (χ0n) is 13.3. The first kappa shape index (κ1) is 16.1. The number of hydrogen-bond acceptors (Lipinski definition) is 6. The summed E-state index contributed by atoms with van der Waals surface area (Å²) in [7, 11) is 0. The van der Waals surface area contributed by atoms with E-state index in [-0.39, 0.29) is 11.8 Å². The first-order chi connectivity index (χ1) is 12.6. The predicted octanol–water partition coefficient (Wildman–Crippen LogP) is 2.61. The summed E-state index contributed by atoms with van der Waals surface area (Å²) >= 11 is 0. The topological polar surface area (TPSA) is 86.0 Å². The average molecular weight is 357 g/mol. The Balaban J connectivity index is 1.53. The molecule has 1 aliphatic rings. The number of alkyl halides is 1. The fourth-order valence-corrected chi connectivity index (χ4v) is 2.61. The molecule has 2 aromatic heterocycles. The van der Waals surface area contributed by atoms with Gasteiger partial charge in [0.2, 0.25) is 0 Å². The molecular weight excluding hydrogens is 344 g/mol. The van der Waals surface area contributed by atoms with Gasteiger partial charge in [-0.1, -0.05) is 17.3 Å². The molecule has 0 fully saturated rings. The third-order valence-electron chi connectivity index (χ3n) is 3.91. The lowest BCUT2D eigenvalue weighted by Crippen LogP contribution is -2.23. The molecule has 3 aromatic rings. The van der Waals surface area contributed by atoms with E-state index in [1.54, 1.807) is 18.2 Å². The average Bonchev–Trinajstić information content (AvgIpc) is 3.24. The van der Waals surface area contributed by atoms with Gasteiger partial charge in [0.15, 0.2) is 12.0 Å². The van der Waals surface area contributed by atoms with Gasteiger partial charge in [-0.15, -0.1) is 5.10 Å². The molecule has 0 spiro atoms. The molecule has 26 heavy (non-hydrogen) atoms. The summed E-state index contributed by atoms with van der Waals surface area (Å²) in [6.45, 7) is 0. The van der Waals surface area contributed by atoms with Crippen molar-refractivity contribution >= 4 is 0 Å². The van der Waals surface area contributed by atoms with Crippen LogP contribution in [0.3, 0.4) is 0 Å². The number of aromatic nitrogens is 5. The van der Waals surface area contributed by atoms with Crippen molar-refractivity contribution in [2.24, 2.45) is 0 Å². The van der Waals surface area contributed by atoms with Crippen LogP contribution in [-0.4, -0.2) is 42.3 Å². The zero-order chi connectivity index (χ0) is 18.1. The molecule has 0 aliphatic heterocycles. The van der Waals surface area contributed by atoms with Crippen molar-refractivity contribution in [3.63, 3.8) is 0 Å². The lowest BCUT2D eigenvalue weighted by molar-refractivity contribution is 0.126. The standard InChI is InChI=1S/C17H13F2N5O2/c18-10-7-21-24(9-10)11-4-5-12(15(25)6-11)14-8-20-17(23-22-14)26-16-3-1-2-13(16)19/h1-2,4-9,13,16,25H,3H2/t13-,16+/m1/s1. The second-order valence-electron chi connectivity index (χ2n) is 5.70. The van der Waals surface area contributed by atoms with Crippen LogP contribution in [0, 0.1) is 5.82 Å². The molecule has 7 nitrogen and oxygen atoms in total. The van der Waals surface area contributed by atoms with E-state index in [0.29, 0.717) is 23.4 Å². The summed E-state index contributed by atoms with van der Waals surface area (Å²) in [5.74, 6) is -0.570. The lowest BCUT2D eigenvalue weighted by atomic mass is 10.1.